The highest BCUT2D eigenvalue weighted by Crippen LogP contribution is 2.38. The van der Waals surface area contributed by atoms with Crippen molar-refractivity contribution in [3.8, 4) is 0 Å². The van der Waals surface area contributed by atoms with Gasteiger partial charge in [0.05, 0.1) is 0 Å². The van der Waals surface area contributed by atoms with Crippen LogP contribution in [-0.2, 0) is 0 Å². The van der Waals surface area contributed by atoms with Crippen molar-refractivity contribution in [2.45, 2.75) is 18.8 Å². The average Bonchev–Trinajstić information content (AvgIpc) is 3.00. The molecule has 15 heavy (non-hydrogen) atoms. The van der Waals surface area contributed by atoms with Crippen LogP contribution in [0.1, 0.15) is 24.6 Å². The SMILES string of the molecule is CSCCNc1cc(Br)nc(C2CC2)n1. The molecule has 1 aromatic rings. The summed E-state index contributed by atoms with van der Waals surface area (Å²) in [5.74, 6) is 3.62. The number of hydrogen-bond acceptors (Lipinski definition) is 4. The minimum Gasteiger partial charge on any atom is -0.369 e. The van der Waals surface area contributed by atoms with Gasteiger partial charge in [0, 0.05) is 24.3 Å². The van der Waals surface area contributed by atoms with Crippen molar-refractivity contribution in [1.82, 2.24) is 9.97 Å². The third-order valence-electron chi connectivity index (χ3n) is 2.27. The van der Waals surface area contributed by atoms with Crippen LogP contribution in [0.5, 0.6) is 0 Å². The Kier molecular flexibility index (Phi) is 3.86. The van der Waals surface area contributed by atoms with Crippen molar-refractivity contribution >= 4 is 33.5 Å². The number of rotatable bonds is 5. The van der Waals surface area contributed by atoms with E-state index >= 15 is 0 Å². The average molecular weight is 288 g/mol. The summed E-state index contributed by atoms with van der Waals surface area (Å²) in [6.07, 6.45) is 4.58. The van der Waals surface area contributed by atoms with Gasteiger partial charge < -0.3 is 5.32 Å². The third-order valence-corrected chi connectivity index (χ3v) is 3.29. The molecule has 0 aliphatic heterocycles. The van der Waals surface area contributed by atoms with Crippen LogP contribution in [0.25, 0.3) is 0 Å². The van der Waals surface area contributed by atoms with Crippen molar-refractivity contribution < 1.29 is 0 Å². The molecular formula is C10H14BrN3S. The second-order valence-corrected chi connectivity index (χ2v) is 5.43. The van der Waals surface area contributed by atoms with Gasteiger partial charge in [-0.15, -0.1) is 0 Å². The molecule has 1 saturated carbocycles. The van der Waals surface area contributed by atoms with Gasteiger partial charge >= 0.3 is 0 Å². The zero-order valence-corrected chi connectivity index (χ0v) is 11.1. The van der Waals surface area contributed by atoms with E-state index in [1.165, 1.54) is 12.8 Å². The van der Waals surface area contributed by atoms with Crippen LogP contribution >= 0.6 is 27.7 Å². The second-order valence-electron chi connectivity index (χ2n) is 3.63. The number of halogens is 1. The first-order valence-electron chi connectivity index (χ1n) is 5.07. The van der Waals surface area contributed by atoms with Crippen molar-refractivity contribution in [2.24, 2.45) is 0 Å². The lowest BCUT2D eigenvalue weighted by atomic mass is 10.4. The Labute approximate surface area is 103 Å². The molecular weight excluding hydrogens is 274 g/mol. The Hall–Kier alpha value is -0.290. The highest BCUT2D eigenvalue weighted by molar-refractivity contribution is 9.10. The van der Waals surface area contributed by atoms with E-state index in [4.69, 9.17) is 0 Å². The zero-order valence-electron chi connectivity index (χ0n) is 8.66. The van der Waals surface area contributed by atoms with Crippen LogP contribution in [0, 0.1) is 0 Å². The molecule has 0 bridgehead atoms. The minimum atomic E-state index is 0.601. The van der Waals surface area contributed by atoms with E-state index in [1.807, 2.05) is 17.8 Å². The quantitative estimate of drug-likeness (QED) is 0.668. The summed E-state index contributed by atoms with van der Waals surface area (Å²) >= 11 is 5.25. The molecule has 3 nitrogen and oxygen atoms in total. The molecule has 0 amide bonds. The molecule has 0 radical (unpaired) electrons. The van der Waals surface area contributed by atoms with E-state index in [-0.39, 0.29) is 0 Å². The fourth-order valence-corrected chi connectivity index (χ4v) is 2.04. The summed E-state index contributed by atoms with van der Waals surface area (Å²) in [6, 6.07) is 1.94. The van der Waals surface area contributed by atoms with E-state index in [1.54, 1.807) is 0 Å². The lowest BCUT2D eigenvalue weighted by Crippen LogP contribution is -2.07. The van der Waals surface area contributed by atoms with Crippen LogP contribution in [-0.4, -0.2) is 28.5 Å². The Morgan fingerprint density at radius 1 is 1.53 bits per heavy atom. The normalized spacial score (nSPS) is 15.3. The summed E-state index contributed by atoms with van der Waals surface area (Å²) in [5, 5.41) is 3.31. The summed E-state index contributed by atoms with van der Waals surface area (Å²) < 4.78 is 0.881. The van der Waals surface area contributed by atoms with Crippen LogP contribution in [0.3, 0.4) is 0 Å². The first-order chi connectivity index (χ1) is 7.29. The van der Waals surface area contributed by atoms with Gasteiger partial charge in [-0.05, 0) is 35.0 Å². The number of hydrogen-bond donors (Lipinski definition) is 1. The molecule has 1 fully saturated rings. The summed E-state index contributed by atoms with van der Waals surface area (Å²) in [6.45, 7) is 0.953. The maximum absolute atomic E-state index is 4.51. The maximum atomic E-state index is 4.51. The molecule has 1 heterocycles. The van der Waals surface area contributed by atoms with Crippen LogP contribution < -0.4 is 5.32 Å². The second kappa shape index (κ2) is 5.16. The van der Waals surface area contributed by atoms with Gasteiger partial charge in [0.1, 0.15) is 16.2 Å². The minimum absolute atomic E-state index is 0.601. The molecule has 82 valence electrons. The maximum Gasteiger partial charge on any atom is 0.135 e. The van der Waals surface area contributed by atoms with Gasteiger partial charge in [-0.1, -0.05) is 0 Å². The molecule has 0 unspecified atom stereocenters. The first kappa shape index (κ1) is 11.2. The predicted molar refractivity (Wildman–Crippen MR) is 68.6 cm³/mol. The van der Waals surface area contributed by atoms with E-state index < -0.39 is 0 Å². The van der Waals surface area contributed by atoms with Crippen LogP contribution in [0.2, 0.25) is 0 Å². The smallest absolute Gasteiger partial charge is 0.135 e. The van der Waals surface area contributed by atoms with Gasteiger partial charge in [-0.2, -0.15) is 11.8 Å². The fraction of sp³-hybridized carbons (Fsp3) is 0.600. The number of nitrogens with one attached hydrogen (secondary N) is 1. The van der Waals surface area contributed by atoms with E-state index in [0.717, 1.165) is 28.5 Å². The van der Waals surface area contributed by atoms with Gasteiger partial charge in [0.2, 0.25) is 0 Å². The Bertz CT molecular complexity index is 341. The largest absolute Gasteiger partial charge is 0.369 e. The Morgan fingerprint density at radius 2 is 2.33 bits per heavy atom. The molecule has 0 aromatic carbocycles. The van der Waals surface area contributed by atoms with Gasteiger partial charge in [0.15, 0.2) is 0 Å². The zero-order chi connectivity index (χ0) is 10.7. The summed E-state index contributed by atoms with van der Waals surface area (Å²) in [7, 11) is 0. The number of thioether (sulfide) groups is 1. The van der Waals surface area contributed by atoms with Crippen molar-refractivity contribution in [1.29, 1.82) is 0 Å². The molecule has 0 atom stereocenters. The molecule has 1 aliphatic carbocycles. The van der Waals surface area contributed by atoms with E-state index in [2.05, 4.69) is 37.5 Å². The number of anilines is 1. The van der Waals surface area contributed by atoms with Crippen LogP contribution in [0.15, 0.2) is 10.7 Å². The van der Waals surface area contributed by atoms with Crippen molar-refractivity contribution in [2.75, 3.05) is 23.9 Å². The highest BCUT2D eigenvalue weighted by Gasteiger charge is 2.27. The lowest BCUT2D eigenvalue weighted by Gasteiger charge is -2.06. The van der Waals surface area contributed by atoms with Gasteiger partial charge in [0.25, 0.3) is 0 Å². The van der Waals surface area contributed by atoms with E-state index in [9.17, 15) is 0 Å². The van der Waals surface area contributed by atoms with Gasteiger partial charge in [-0.3, -0.25) is 0 Å². The summed E-state index contributed by atoms with van der Waals surface area (Å²) in [4.78, 5) is 8.89. The molecule has 1 aromatic heterocycles. The number of nitrogens with zero attached hydrogens (tertiary/aromatic N) is 2. The predicted octanol–water partition coefficient (Wildman–Crippen LogP) is 2.89. The Morgan fingerprint density at radius 3 is 3.00 bits per heavy atom. The molecule has 1 N–H and O–H groups in total. The molecule has 5 heteroatoms. The monoisotopic (exact) mass is 287 g/mol. The van der Waals surface area contributed by atoms with E-state index in [0.29, 0.717) is 5.92 Å². The summed E-state index contributed by atoms with van der Waals surface area (Å²) in [5.41, 5.74) is 0. The van der Waals surface area contributed by atoms with Crippen molar-refractivity contribution in [3.63, 3.8) is 0 Å². The highest BCUT2D eigenvalue weighted by atomic mass is 79.9. The Balaban J connectivity index is 2.02. The molecule has 0 spiro atoms. The van der Waals surface area contributed by atoms with Crippen molar-refractivity contribution in [3.05, 3.63) is 16.5 Å². The lowest BCUT2D eigenvalue weighted by molar-refractivity contribution is 0.913. The van der Waals surface area contributed by atoms with Gasteiger partial charge in [-0.25, -0.2) is 9.97 Å². The third kappa shape index (κ3) is 3.34. The number of aromatic nitrogens is 2. The topological polar surface area (TPSA) is 37.8 Å². The molecule has 1 aliphatic rings. The molecule has 2 rings (SSSR count). The standard InChI is InChI=1S/C10H14BrN3S/c1-15-5-4-12-9-6-8(11)13-10(14-9)7-2-3-7/h6-7H,2-5H2,1H3,(H,12,13,14). The van der Waals surface area contributed by atoms with Crippen LogP contribution in [0.4, 0.5) is 5.82 Å². The first-order valence-corrected chi connectivity index (χ1v) is 7.25. The molecule has 0 saturated heterocycles. The fourth-order valence-electron chi connectivity index (χ4n) is 1.33.